The van der Waals surface area contributed by atoms with Gasteiger partial charge in [0, 0.05) is 36.5 Å². The molecule has 0 aliphatic carbocycles. The molecule has 0 amide bonds. The van der Waals surface area contributed by atoms with Crippen molar-refractivity contribution < 1.29 is 9.15 Å². The van der Waals surface area contributed by atoms with E-state index in [0.29, 0.717) is 11.7 Å². The van der Waals surface area contributed by atoms with Gasteiger partial charge in [-0.15, -0.1) is 0 Å². The Morgan fingerprint density at radius 1 is 1.23 bits per heavy atom. The number of halogens is 1. The smallest absolute Gasteiger partial charge is 0.170 e. The molecule has 3 heterocycles. The van der Waals surface area contributed by atoms with Crippen LogP contribution in [0.2, 0.25) is 0 Å². The normalized spacial score (nSPS) is 18.6. The second kappa shape index (κ2) is 9.29. The Kier molecular flexibility index (Phi) is 6.51. The van der Waals surface area contributed by atoms with E-state index in [9.17, 15) is 0 Å². The van der Waals surface area contributed by atoms with Crippen LogP contribution in [0.15, 0.2) is 63.6 Å². The molecule has 0 spiro atoms. The molecule has 0 unspecified atom stereocenters. The molecule has 5 nitrogen and oxygen atoms in total. The monoisotopic (exact) mass is 485 g/mol. The third-order valence-corrected chi connectivity index (χ3v) is 6.26. The molecule has 1 saturated heterocycles. The second-order valence-corrected chi connectivity index (χ2v) is 8.59. The topological polar surface area (TPSA) is 50.5 Å². The van der Waals surface area contributed by atoms with Crippen LogP contribution >= 0.6 is 28.1 Å². The SMILES string of the molecule is COCCCN1C(=S)N[C@H](c2ccccn2)[C@@H]1c1ccc(-c2ccc(C)cc2Br)o1. The Labute approximate surface area is 190 Å². The van der Waals surface area contributed by atoms with Gasteiger partial charge < -0.3 is 19.4 Å². The quantitative estimate of drug-likeness (QED) is 0.356. The lowest BCUT2D eigenvalue weighted by Gasteiger charge is -2.26. The van der Waals surface area contributed by atoms with E-state index in [0.717, 1.165) is 40.2 Å². The number of furan rings is 1. The first-order valence-electron chi connectivity index (χ1n) is 9.91. The molecule has 30 heavy (non-hydrogen) atoms. The van der Waals surface area contributed by atoms with Crippen LogP contribution in [-0.4, -0.2) is 35.3 Å². The summed E-state index contributed by atoms with van der Waals surface area (Å²) in [4.78, 5) is 6.75. The number of thiocarbonyl (C=S) groups is 1. The highest BCUT2D eigenvalue weighted by molar-refractivity contribution is 9.10. The van der Waals surface area contributed by atoms with Crippen molar-refractivity contribution in [1.82, 2.24) is 15.2 Å². The fourth-order valence-corrected chi connectivity index (χ4v) is 4.83. The number of nitrogens with zero attached hydrogens (tertiary/aromatic N) is 2. The van der Waals surface area contributed by atoms with E-state index in [1.54, 1.807) is 7.11 Å². The predicted octanol–water partition coefficient (Wildman–Crippen LogP) is 5.42. The highest BCUT2D eigenvalue weighted by Crippen LogP contribution is 2.41. The van der Waals surface area contributed by atoms with Gasteiger partial charge in [0.1, 0.15) is 17.6 Å². The average Bonchev–Trinajstić information content (AvgIpc) is 3.34. The Morgan fingerprint density at radius 3 is 2.83 bits per heavy atom. The number of aromatic nitrogens is 1. The Bertz CT molecular complexity index is 1020. The minimum absolute atomic E-state index is 0.0813. The maximum atomic E-state index is 6.38. The van der Waals surface area contributed by atoms with Crippen LogP contribution in [-0.2, 0) is 4.74 Å². The molecule has 0 radical (unpaired) electrons. The van der Waals surface area contributed by atoms with Crippen LogP contribution in [0.3, 0.4) is 0 Å². The Morgan fingerprint density at radius 2 is 2.10 bits per heavy atom. The van der Waals surface area contributed by atoms with Gasteiger partial charge in [-0.05, 0) is 67.5 Å². The minimum atomic E-state index is -0.0818. The summed E-state index contributed by atoms with van der Waals surface area (Å²) in [5, 5.41) is 4.16. The zero-order chi connectivity index (χ0) is 21.1. The molecule has 2 atom stereocenters. The third-order valence-electron chi connectivity index (χ3n) is 5.25. The van der Waals surface area contributed by atoms with Gasteiger partial charge in [-0.25, -0.2) is 0 Å². The van der Waals surface area contributed by atoms with Gasteiger partial charge in [0.2, 0.25) is 0 Å². The largest absolute Gasteiger partial charge is 0.459 e. The molecule has 1 aromatic carbocycles. The van der Waals surface area contributed by atoms with Crippen LogP contribution < -0.4 is 5.32 Å². The summed E-state index contributed by atoms with van der Waals surface area (Å²) in [6, 6.07) is 16.1. The molecule has 1 N–H and O–H groups in total. The van der Waals surface area contributed by atoms with Gasteiger partial charge in [-0.2, -0.15) is 0 Å². The van der Waals surface area contributed by atoms with Crippen LogP contribution in [0, 0.1) is 6.92 Å². The first-order valence-corrected chi connectivity index (χ1v) is 11.1. The van der Waals surface area contributed by atoms with E-state index in [2.05, 4.69) is 56.3 Å². The summed E-state index contributed by atoms with van der Waals surface area (Å²) in [6.07, 6.45) is 2.68. The van der Waals surface area contributed by atoms with Crippen molar-refractivity contribution in [2.24, 2.45) is 0 Å². The van der Waals surface area contributed by atoms with Gasteiger partial charge in [0.25, 0.3) is 0 Å². The summed E-state index contributed by atoms with van der Waals surface area (Å²) < 4.78 is 12.6. The van der Waals surface area contributed by atoms with E-state index in [1.165, 1.54) is 5.56 Å². The number of aryl methyl sites for hydroxylation is 1. The van der Waals surface area contributed by atoms with E-state index < -0.39 is 0 Å². The summed E-state index contributed by atoms with van der Waals surface area (Å²) in [5.74, 6) is 1.68. The fourth-order valence-electron chi connectivity index (χ4n) is 3.81. The van der Waals surface area contributed by atoms with E-state index in [1.807, 2.05) is 36.5 Å². The van der Waals surface area contributed by atoms with Crippen molar-refractivity contribution >= 4 is 33.3 Å². The molecular formula is C23H24BrN3O2S. The molecule has 1 fully saturated rings. The van der Waals surface area contributed by atoms with Gasteiger partial charge in [0.05, 0.1) is 11.7 Å². The first-order chi connectivity index (χ1) is 14.6. The maximum absolute atomic E-state index is 6.38. The summed E-state index contributed by atoms with van der Waals surface area (Å²) in [5.41, 5.74) is 3.16. The van der Waals surface area contributed by atoms with Crippen molar-refractivity contribution in [3.05, 3.63) is 76.2 Å². The van der Waals surface area contributed by atoms with E-state index >= 15 is 0 Å². The van der Waals surface area contributed by atoms with Gasteiger partial charge in [-0.1, -0.05) is 28.1 Å². The van der Waals surface area contributed by atoms with Crippen LogP contribution in [0.25, 0.3) is 11.3 Å². The lowest BCUT2D eigenvalue weighted by atomic mass is 10.0. The van der Waals surface area contributed by atoms with Crippen LogP contribution in [0.5, 0.6) is 0 Å². The van der Waals surface area contributed by atoms with Crippen molar-refractivity contribution in [3.8, 4) is 11.3 Å². The number of pyridine rings is 1. The van der Waals surface area contributed by atoms with Crippen molar-refractivity contribution in [2.75, 3.05) is 20.3 Å². The first kappa shape index (κ1) is 21.0. The maximum Gasteiger partial charge on any atom is 0.170 e. The van der Waals surface area contributed by atoms with E-state index in [-0.39, 0.29) is 12.1 Å². The summed E-state index contributed by atoms with van der Waals surface area (Å²) in [6.45, 7) is 3.53. The predicted molar refractivity (Wildman–Crippen MR) is 125 cm³/mol. The number of benzene rings is 1. The number of ether oxygens (including phenoxy) is 1. The van der Waals surface area contributed by atoms with Crippen LogP contribution in [0.4, 0.5) is 0 Å². The minimum Gasteiger partial charge on any atom is -0.459 e. The molecule has 0 bridgehead atoms. The van der Waals surface area contributed by atoms with Crippen molar-refractivity contribution in [2.45, 2.75) is 25.4 Å². The Balaban J connectivity index is 1.69. The third kappa shape index (κ3) is 4.29. The van der Waals surface area contributed by atoms with Crippen molar-refractivity contribution in [3.63, 3.8) is 0 Å². The van der Waals surface area contributed by atoms with Crippen LogP contribution in [0.1, 0.15) is 35.5 Å². The molecule has 156 valence electrons. The van der Waals surface area contributed by atoms with Crippen molar-refractivity contribution in [1.29, 1.82) is 0 Å². The molecule has 0 saturated carbocycles. The van der Waals surface area contributed by atoms with Gasteiger partial charge >= 0.3 is 0 Å². The van der Waals surface area contributed by atoms with Gasteiger partial charge in [0.15, 0.2) is 5.11 Å². The molecule has 1 aliphatic heterocycles. The molecule has 1 aliphatic rings. The highest BCUT2D eigenvalue weighted by Gasteiger charge is 2.41. The molecule has 3 aromatic rings. The summed E-state index contributed by atoms with van der Waals surface area (Å²) in [7, 11) is 1.72. The standard InChI is InChI=1S/C23H24BrN3O2S/c1-15-7-8-16(17(24)14-15)19-9-10-20(29-19)22-21(18-6-3-4-11-25-18)26-23(30)27(22)12-5-13-28-2/h3-4,6-11,14,21-22H,5,12-13H2,1-2H3,(H,26,30)/t21-,22+/m1/s1. The summed E-state index contributed by atoms with van der Waals surface area (Å²) >= 11 is 9.34. The number of rotatable bonds is 7. The lowest BCUT2D eigenvalue weighted by molar-refractivity contribution is 0.177. The number of nitrogens with one attached hydrogen (secondary N) is 1. The van der Waals surface area contributed by atoms with Gasteiger partial charge in [-0.3, -0.25) is 4.98 Å². The number of hydrogen-bond acceptors (Lipinski definition) is 4. The number of methoxy groups -OCH3 is 1. The zero-order valence-corrected chi connectivity index (χ0v) is 19.4. The van der Waals surface area contributed by atoms with E-state index in [4.69, 9.17) is 21.4 Å². The number of hydrogen-bond donors (Lipinski definition) is 1. The Hall–Kier alpha value is -2.22. The second-order valence-electron chi connectivity index (χ2n) is 7.35. The molecular weight excluding hydrogens is 462 g/mol. The lowest BCUT2D eigenvalue weighted by Crippen LogP contribution is -2.31. The zero-order valence-electron chi connectivity index (χ0n) is 17.0. The molecule has 7 heteroatoms. The molecule has 4 rings (SSSR count). The molecule has 2 aromatic heterocycles. The highest BCUT2D eigenvalue weighted by atomic mass is 79.9. The fraction of sp³-hybridized carbons (Fsp3) is 0.304. The average molecular weight is 486 g/mol.